The van der Waals surface area contributed by atoms with Crippen molar-refractivity contribution in [1.29, 1.82) is 0 Å². The van der Waals surface area contributed by atoms with E-state index in [1.165, 1.54) is 30.3 Å². The van der Waals surface area contributed by atoms with Crippen molar-refractivity contribution in [1.82, 2.24) is 0 Å². The van der Waals surface area contributed by atoms with E-state index < -0.39 is 10.9 Å². The van der Waals surface area contributed by atoms with Gasteiger partial charge < -0.3 is 18.8 Å². The lowest BCUT2D eigenvalue weighted by molar-refractivity contribution is 0.375. The highest BCUT2D eigenvalue weighted by molar-refractivity contribution is 8.19. The van der Waals surface area contributed by atoms with Gasteiger partial charge in [0.15, 0.2) is 5.75 Å². The molecule has 0 heterocycles. The molecule has 0 spiro atoms. The van der Waals surface area contributed by atoms with Crippen LogP contribution in [0.1, 0.15) is 48.0 Å². The van der Waals surface area contributed by atoms with Crippen molar-refractivity contribution in [2.24, 2.45) is 10.2 Å². The molecule has 0 atom stereocenters. The third-order valence-corrected chi connectivity index (χ3v) is 5.02. The van der Waals surface area contributed by atoms with Crippen LogP contribution in [0.2, 0.25) is 0 Å². The van der Waals surface area contributed by atoms with Crippen LogP contribution >= 0.6 is 10.9 Å². The largest absolute Gasteiger partial charge is 0.505 e. The molecule has 0 fully saturated rings. The summed E-state index contributed by atoms with van der Waals surface area (Å²) in [4.78, 5) is -0.246. The van der Waals surface area contributed by atoms with Crippen molar-refractivity contribution in [2.75, 3.05) is 7.05 Å². The number of azo groups is 1. The summed E-state index contributed by atoms with van der Waals surface area (Å²) >= 11 is 0. The molecule has 192 valence electrons. The molecule has 7 heteroatoms. The average molecular weight is 501 g/mol. The molecule has 6 nitrogen and oxygen atoms in total. The van der Waals surface area contributed by atoms with Gasteiger partial charge in [-0.15, -0.1) is 0 Å². The molecule has 0 saturated carbocycles. The fourth-order valence-corrected chi connectivity index (χ4v) is 3.51. The Morgan fingerprint density at radius 1 is 0.686 bits per heavy atom. The number of benzene rings is 4. The predicted octanol–water partition coefficient (Wildman–Crippen LogP) is 10.1. The van der Waals surface area contributed by atoms with Crippen molar-refractivity contribution in [3.63, 3.8) is 0 Å². The van der Waals surface area contributed by atoms with Crippen molar-refractivity contribution >= 4 is 38.1 Å². The van der Waals surface area contributed by atoms with Crippen LogP contribution in [0.4, 0.5) is 5.69 Å². The number of phenolic OH excluding ortho intramolecular Hbond substituents is 1. The van der Waals surface area contributed by atoms with Crippen molar-refractivity contribution in [3.8, 4) is 5.75 Å². The third kappa shape index (κ3) is 10.0. The number of hydrogen-bond donors (Lipinski definition) is 4. The lowest BCUT2D eigenvalue weighted by Gasteiger charge is -2.21. The van der Waals surface area contributed by atoms with Crippen molar-refractivity contribution in [3.05, 3.63) is 78.9 Å². The molecule has 4 N–H and O–H groups in total. The second kappa shape index (κ2) is 17.5. The van der Waals surface area contributed by atoms with E-state index in [1.54, 1.807) is 24.3 Å². The summed E-state index contributed by atoms with van der Waals surface area (Å²) in [6.07, 6.45) is 1.25. The summed E-state index contributed by atoms with van der Waals surface area (Å²) in [6.45, 7) is 12.2. The Balaban J connectivity index is 0.000000571. The highest BCUT2D eigenvalue weighted by atomic mass is 32.3. The Kier molecular flexibility index (Phi) is 16.0. The highest BCUT2D eigenvalue weighted by Gasteiger charge is 2.24. The molecule has 0 saturated heterocycles. The van der Waals surface area contributed by atoms with Crippen LogP contribution in [0, 0.1) is 0 Å². The first-order chi connectivity index (χ1) is 16.8. The summed E-state index contributed by atoms with van der Waals surface area (Å²) in [5, 5.41) is 20.9. The van der Waals surface area contributed by atoms with Crippen LogP contribution in [0.5, 0.6) is 5.75 Å². The fraction of sp³-hybridized carbons (Fsp3) is 0.286. The number of nitrogens with zero attached hydrogens (tertiary/aromatic N) is 2. The molecule has 0 bridgehead atoms. The minimum absolute atomic E-state index is 0.140. The molecule has 0 amide bonds. The van der Waals surface area contributed by atoms with Crippen LogP contribution in [0.15, 0.2) is 94.0 Å². The van der Waals surface area contributed by atoms with E-state index >= 15 is 0 Å². The van der Waals surface area contributed by atoms with Gasteiger partial charge in [-0.2, -0.15) is 10.2 Å². The van der Waals surface area contributed by atoms with Crippen LogP contribution < -0.4 is 0 Å². The first kappa shape index (κ1) is 32.0. The Morgan fingerprint density at radius 3 is 1.43 bits per heavy atom. The number of rotatable bonds is 2. The molecule has 4 aromatic rings. The molecule has 35 heavy (non-hydrogen) atoms. The molecule has 0 radical (unpaired) electrons. The second-order valence-electron chi connectivity index (χ2n) is 6.67. The van der Waals surface area contributed by atoms with Crippen LogP contribution in [0.25, 0.3) is 21.5 Å². The molecule has 0 aliphatic heterocycles. The van der Waals surface area contributed by atoms with Gasteiger partial charge in [0, 0.05) is 12.4 Å². The summed E-state index contributed by atoms with van der Waals surface area (Å²) in [6, 6.07) is 24.9. The fourth-order valence-electron chi connectivity index (χ4n) is 2.83. The van der Waals surface area contributed by atoms with Gasteiger partial charge in [-0.05, 0) is 22.2 Å². The molecular weight excluding hydrogens is 460 g/mol. The van der Waals surface area contributed by atoms with Crippen LogP contribution in [-0.4, -0.2) is 25.8 Å². The molecule has 0 aliphatic carbocycles. The molecule has 0 aromatic heterocycles. The first-order valence-corrected chi connectivity index (χ1v) is 13.3. The normalized spacial score (nSPS) is 10.6. The van der Waals surface area contributed by atoms with E-state index in [0.717, 1.165) is 0 Å². The second-order valence-corrected chi connectivity index (χ2v) is 8.14. The van der Waals surface area contributed by atoms with Crippen molar-refractivity contribution < 1.29 is 18.8 Å². The van der Waals surface area contributed by atoms with Gasteiger partial charge >= 0.3 is 0 Å². The zero-order chi connectivity index (χ0) is 26.9. The Labute approximate surface area is 211 Å². The van der Waals surface area contributed by atoms with E-state index in [0.29, 0.717) is 10.8 Å². The van der Waals surface area contributed by atoms with E-state index in [-0.39, 0.29) is 16.3 Å². The highest BCUT2D eigenvalue weighted by Crippen LogP contribution is 2.53. The molecule has 0 aliphatic rings. The van der Waals surface area contributed by atoms with Gasteiger partial charge in [0.1, 0.15) is 16.6 Å². The van der Waals surface area contributed by atoms with E-state index in [1.807, 2.05) is 27.7 Å². The Bertz CT molecular complexity index is 1090. The quantitative estimate of drug-likeness (QED) is 0.205. The Hall–Kier alpha value is -2.97. The first-order valence-electron chi connectivity index (χ1n) is 11.8. The summed E-state index contributed by atoms with van der Waals surface area (Å²) in [5.41, 5.74) is -0.140. The minimum atomic E-state index is -3.98. The lowest BCUT2D eigenvalue weighted by Crippen LogP contribution is -1.96. The number of hydrogen-bond acceptors (Lipinski definition) is 6. The summed E-state index contributed by atoms with van der Waals surface area (Å²) in [5.74, 6) is -0.247. The maximum atomic E-state index is 10.1. The van der Waals surface area contributed by atoms with E-state index in [9.17, 15) is 18.8 Å². The van der Waals surface area contributed by atoms with Gasteiger partial charge in [0.05, 0.1) is 4.90 Å². The zero-order valence-corrected chi connectivity index (χ0v) is 22.6. The van der Waals surface area contributed by atoms with Gasteiger partial charge in [0.2, 0.25) is 0 Å². The molecule has 4 aromatic carbocycles. The lowest BCUT2D eigenvalue weighted by atomic mass is 10.1. The minimum Gasteiger partial charge on any atom is -0.505 e. The monoisotopic (exact) mass is 500 g/mol. The average Bonchev–Trinajstić information content (AvgIpc) is 2.88. The van der Waals surface area contributed by atoms with Gasteiger partial charge in [0.25, 0.3) is 0 Å². The molecule has 0 unspecified atom stereocenters. The predicted molar refractivity (Wildman–Crippen MR) is 152 cm³/mol. The van der Waals surface area contributed by atoms with Gasteiger partial charge in [-0.25, -0.2) is 0 Å². The maximum absolute atomic E-state index is 10.1. The van der Waals surface area contributed by atoms with Crippen LogP contribution in [0.3, 0.4) is 0 Å². The third-order valence-electron chi connectivity index (χ3n) is 4.11. The summed E-state index contributed by atoms with van der Waals surface area (Å²) in [7, 11) is -2.61. The van der Waals surface area contributed by atoms with Crippen molar-refractivity contribution in [2.45, 2.75) is 52.9 Å². The number of fused-ring (bicyclic) bond motifs is 2. The van der Waals surface area contributed by atoms with E-state index in [2.05, 4.69) is 72.6 Å². The van der Waals surface area contributed by atoms with Gasteiger partial charge in [-0.1, -0.05) is 121 Å². The molecule has 4 rings (SSSR count). The zero-order valence-electron chi connectivity index (χ0n) is 21.8. The standard InChI is InChI=1S/C11H12N2O4S.C10H8.C3H8.2C2H6/c1-12-13-10-9(18(15,16)17)6-7-4-2-3-5-8(7)11(10)14;1-2-6-10-8-4-3-7-9(10)5-1;1-3-2;2*1-2/h2-6,14-17H,1H3;1-8H;3H2,1-2H3;2*1-2H3. The maximum Gasteiger partial charge on any atom is 0.152 e. The summed E-state index contributed by atoms with van der Waals surface area (Å²) < 4.78 is 28.1. The topological polar surface area (TPSA) is 106 Å². The SMILES string of the molecule is CC.CC.CCC.CN=Nc1c(S(O)(O)O)cc2ccccc2c1O.c1ccc2ccccc2c1. The van der Waals surface area contributed by atoms with E-state index in [4.69, 9.17) is 0 Å². The molecular formula is C28H40N2O4S. The van der Waals surface area contributed by atoms with Gasteiger partial charge in [-0.3, -0.25) is 0 Å². The number of phenols is 1. The Morgan fingerprint density at radius 2 is 1.06 bits per heavy atom. The smallest absolute Gasteiger partial charge is 0.152 e. The number of aromatic hydroxyl groups is 1. The van der Waals surface area contributed by atoms with Crippen LogP contribution in [-0.2, 0) is 0 Å².